The number of H-pyrrole nitrogens is 1. The van der Waals surface area contributed by atoms with Crippen LogP contribution in [0.15, 0.2) is 47.4 Å². The first-order valence-electron chi connectivity index (χ1n) is 9.72. The van der Waals surface area contributed by atoms with Gasteiger partial charge < -0.3 is 5.32 Å². The van der Waals surface area contributed by atoms with E-state index >= 15 is 0 Å². The normalized spacial score (nSPS) is 12.0. The van der Waals surface area contributed by atoms with Crippen molar-refractivity contribution >= 4 is 17.4 Å². The molecule has 0 saturated heterocycles. The van der Waals surface area contributed by atoms with E-state index in [0.717, 1.165) is 0 Å². The number of halogens is 3. The van der Waals surface area contributed by atoms with E-state index in [2.05, 4.69) is 20.5 Å². The molecule has 0 atom stereocenters. The van der Waals surface area contributed by atoms with Crippen LogP contribution in [-0.2, 0) is 6.18 Å². The van der Waals surface area contributed by atoms with E-state index in [0.29, 0.717) is 4.52 Å². The number of nitrogens with one attached hydrogen (secondary N) is 2. The molecule has 3 heterocycles. The Labute approximate surface area is 179 Å². The minimum Gasteiger partial charge on any atom is -0.305 e. The molecule has 11 heteroatoms. The van der Waals surface area contributed by atoms with E-state index < -0.39 is 23.3 Å². The molecule has 32 heavy (non-hydrogen) atoms. The number of aryl methyl sites for hydroxylation is 1. The number of nitrogens with zero attached hydrogens (tertiary/aromatic N) is 4. The van der Waals surface area contributed by atoms with E-state index in [1.54, 1.807) is 35.1 Å². The highest BCUT2D eigenvalue weighted by molar-refractivity contribution is 6.04. The van der Waals surface area contributed by atoms with Crippen molar-refractivity contribution in [3.63, 3.8) is 0 Å². The summed E-state index contributed by atoms with van der Waals surface area (Å²) in [5, 5.41) is 8.78. The van der Waals surface area contributed by atoms with Crippen LogP contribution in [0.3, 0.4) is 0 Å². The molecule has 0 fully saturated rings. The Bertz CT molecular complexity index is 1370. The molecule has 0 unspecified atom stereocenters. The summed E-state index contributed by atoms with van der Waals surface area (Å²) in [6, 6.07) is 9.43. The van der Waals surface area contributed by atoms with Crippen LogP contribution in [-0.4, -0.2) is 30.3 Å². The maximum atomic E-state index is 13.8. The number of aromatic nitrogens is 5. The number of benzene rings is 1. The van der Waals surface area contributed by atoms with Crippen molar-refractivity contribution in [3.8, 4) is 11.1 Å². The molecule has 3 aromatic heterocycles. The SMILES string of the molecule is Cc1nc2c(-c3ccccc3)c(C(F)(F)F)[nH]n2c(=O)c1C(=O)Nc1ccn(C(C)C)n1. The molecule has 4 aromatic rings. The molecule has 166 valence electrons. The number of carbonyl (C=O) groups excluding carboxylic acids is 1. The van der Waals surface area contributed by atoms with Crippen molar-refractivity contribution in [2.75, 3.05) is 5.32 Å². The number of hydrogen-bond acceptors (Lipinski definition) is 4. The molecule has 4 rings (SSSR count). The number of hydrogen-bond donors (Lipinski definition) is 2. The van der Waals surface area contributed by atoms with Gasteiger partial charge >= 0.3 is 6.18 Å². The van der Waals surface area contributed by atoms with Gasteiger partial charge in [0.15, 0.2) is 11.5 Å². The van der Waals surface area contributed by atoms with E-state index in [1.807, 2.05) is 13.8 Å². The van der Waals surface area contributed by atoms with Crippen molar-refractivity contribution in [3.05, 3.63) is 69.9 Å². The molecule has 0 spiro atoms. The molecule has 0 saturated carbocycles. The van der Waals surface area contributed by atoms with Crippen molar-refractivity contribution in [1.82, 2.24) is 24.4 Å². The minimum atomic E-state index is -4.77. The van der Waals surface area contributed by atoms with Crippen LogP contribution in [0.5, 0.6) is 0 Å². The number of amides is 1. The number of alkyl halides is 3. The lowest BCUT2D eigenvalue weighted by Crippen LogP contribution is -2.29. The smallest absolute Gasteiger partial charge is 0.305 e. The zero-order chi connectivity index (χ0) is 23.2. The summed E-state index contributed by atoms with van der Waals surface area (Å²) in [7, 11) is 0. The Kier molecular flexibility index (Phi) is 5.11. The summed E-state index contributed by atoms with van der Waals surface area (Å²) in [5.74, 6) is -0.604. The van der Waals surface area contributed by atoms with Gasteiger partial charge in [-0.05, 0) is 26.3 Å². The second-order valence-corrected chi connectivity index (χ2v) is 7.49. The first-order chi connectivity index (χ1) is 15.1. The number of aromatic amines is 1. The lowest BCUT2D eigenvalue weighted by molar-refractivity contribution is -0.140. The molecule has 1 aromatic carbocycles. The zero-order valence-electron chi connectivity index (χ0n) is 17.4. The average Bonchev–Trinajstić information content (AvgIpc) is 3.33. The summed E-state index contributed by atoms with van der Waals surface area (Å²) in [5.41, 5.74) is -2.69. The van der Waals surface area contributed by atoms with Crippen LogP contribution >= 0.6 is 0 Å². The highest BCUT2D eigenvalue weighted by Crippen LogP contribution is 2.38. The van der Waals surface area contributed by atoms with Gasteiger partial charge in [0.25, 0.3) is 11.5 Å². The fraction of sp³-hybridized carbons (Fsp3) is 0.238. The lowest BCUT2D eigenvalue weighted by Gasteiger charge is -2.08. The molecular formula is C21H19F3N6O2. The quantitative estimate of drug-likeness (QED) is 0.496. The van der Waals surface area contributed by atoms with Gasteiger partial charge in [0.2, 0.25) is 0 Å². The van der Waals surface area contributed by atoms with Crippen molar-refractivity contribution in [2.45, 2.75) is 33.0 Å². The summed E-state index contributed by atoms with van der Waals surface area (Å²) < 4.78 is 43.5. The highest BCUT2D eigenvalue weighted by atomic mass is 19.4. The Morgan fingerprint density at radius 1 is 1.16 bits per heavy atom. The maximum Gasteiger partial charge on any atom is 0.433 e. The first kappa shape index (κ1) is 21.3. The Morgan fingerprint density at radius 2 is 1.84 bits per heavy atom. The molecule has 1 amide bonds. The van der Waals surface area contributed by atoms with Gasteiger partial charge in [0, 0.05) is 18.3 Å². The molecule has 0 bridgehead atoms. The zero-order valence-corrected chi connectivity index (χ0v) is 17.4. The third-order valence-corrected chi connectivity index (χ3v) is 4.91. The van der Waals surface area contributed by atoms with Crippen LogP contribution in [0.4, 0.5) is 19.0 Å². The number of carbonyl (C=O) groups is 1. The summed E-state index contributed by atoms with van der Waals surface area (Å²) in [6.07, 6.45) is -3.11. The average molecular weight is 444 g/mol. The fourth-order valence-electron chi connectivity index (χ4n) is 3.39. The Balaban J connectivity index is 1.86. The van der Waals surface area contributed by atoms with Crippen LogP contribution in [0, 0.1) is 6.92 Å². The van der Waals surface area contributed by atoms with Gasteiger partial charge in [0.05, 0.1) is 11.3 Å². The second kappa shape index (κ2) is 7.66. The summed E-state index contributed by atoms with van der Waals surface area (Å²) in [6.45, 7) is 5.21. The number of rotatable bonds is 4. The molecule has 0 aliphatic heterocycles. The summed E-state index contributed by atoms with van der Waals surface area (Å²) in [4.78, 5) is 30.0. The van der Waals surface area contributed by atoms with Gasteiger partial charge in [-0.3, -0.25) is 19.4 Å². The predicted molar refractivity (Wildman–Crippen MR) is 112 cm³/mol. The second-order valence-electron chi connectivity index (χ2n) is 7.49. The minimum absolute atomic E-state index is 0.000646. The maximum absolute atomic E-state index is 13.8. The highest BCUT2D eigenvalue weighted by Gasteiger charge is 2.38. The molecule has 8 nitrogen and oxygen atoms in total. The van der Waals surface area contributed by atoms with Crippen LogP contribution in [0.25, 0.3) is 16.8 Å². The largest absolute Gasteiger partial charge is 0.433 e. The molecule has 0 radical (unpaired) electrons. The van der Waals surface area contributed by atoms with Gasteiger partial charge in [-0.25, -0.2) is 4.98 Å². The molecule has 2 N–H and O–H groups in total. The number of anilines is 1. The topological polar surface area (TPSA) is 97.1 Å². The van der Waals surface area contributed by atoms with Crippen molar-refractivity contribution in [1.29, 1.82) is 0 Å². The standard InChI is InChI=1S/C21H19F3N6O2/c1-11(2)29-10-9-14(27-29)26-19(31)15-12(3)25-18-16(13-7-5-4-6-8-13)17(21(22,23)24)28-30(18)20(15)32/h4-11,28H,1-3H3,(H,26,27,31). The van der Waals surface area contributed by atoms with Crippen molar-refractivity contribution in [2.24, 2.45) is 0 Å². The van der Waals surface area contributed by atoms with Gasteiger partial charge in [-0.2, -0.15) is 22.8 Å². The van der Waals surface area contributed by atoms with Crippen molar-refractivity contribution < 1.29 is 18.0 Å². The molecule has 0 aliphatic rings. The Morgan fingerprint density at radius 3 is 2.44 bits per heavy atom. The first-order valence-corrected chi connectivity index (χ1v) is 9.72. The van der Waals surface area contributed by atoms with Gasteiger partial charge in [-0.15, -0.1) is 0 Å². The molecule has 0 aliphatic carbocycles. The van der Waals surface area contributed by atoms with E-state index in [-0.39, 0.29) is 39.9 Å². The van der Waals surface area contributed by atoms with Crippen LogP contribution in [0.1, 0.15) is 41.6 Å². The van der Waals surface area contributed by atoms with Gasteiger partial charge in [0.1, 0.15) is 11.3 Å². The van der Waals surface area contributed by atoms with E-state index in [4.69, 9.17) is 0 Å². The summed E-state index contributed by atoms with van der Waals surface area (Å²) >= 11 is 0. The van der Waals surface area contributed by atoms with Gasteiger partial charge in [-0.1, -0.05) is 30.3 Å². The molecular weight excluding hydrogens is 425 g/mol. The third kappa shape index (κ3) is 3.66. The fourth-order valence-corrected chi connectivity index (χ4v) is 3.39. The number of fused-ring (bicyclic) bond motifs is 1. The lowest BCUT2D eigenvalue weighted by atomic mass is 10.1. The third-order valence-electron chi connectivity index (χ3n) is 4.91. The van der Waals surface area contributed by atoms with Crippen LogP contribution < -0.4 is 10.9 Å². The van der Waals surface area contributed by atoms with Crippen LogP contribution in [0.2, 0.25) is 0 Å². The van der Waals surface area contributed by atoms with E-state index in [9.17, 15) is 22.8 Å². The Hall–Kier alpha value is -3.89. The predicted octanol–water partition coefficient (Wildman–Crippen LogP) is 4.05. The van der Waals surface area contributed by atoms with E-state index in [1.165, 1.54) is 19.1 Å². The monoisotopic (exact) mass is 444 g/mol.